The molecule has 1 atom stereocenters. The Morgan fingerprint density at radius 3 is 2.59 bits per heavy atom. The zero-order valence-electron chi connectivity index (χ0n) is 17.9. The van der Waals surface area contributed by atoms with E-state index in [-0.39, 0.29) is 0 Å². The van der Waals surface area contributed by atoms with Gasteiger partial charge in [0.25, 0.3) is 5.82 Å². The number of nitrogens with zero attached hydrogens (tertiary/aromatic N) is 3. The van der Waals surface area contributed by atoms with Crippen LogP contribution in [0.2, 0.25) is 0 Å². The van der Waals surface area contributed by atoms with Crippen LogP contribution in [-0.2, 0) is 19.9 Å². The van der Waals surface area contributed by atoms with E-state index in [0.717, 1.165) is 0 Å². The van der Waals surface area contributed by atoms with Crippen LogP contribution in [0.3, 0.4) is 0 Å². The van der Waals surface area contributed by atoms with E-state index in [1.807, 2.05) is 0 Å². The van der Waals surface area contributed by atoms with Gasteiger partial charge in [-0.3, -0.25) is 0 Å². The Labute approximate surface area is 173 Å². The minimum absolute atomic E-state index is 0.330. The molecule has 148 valence electrons. The highest BCUT2D eigenvalue weighted by Crippen LogP contribution is 2.37. The lowest BCUT2D eigenvalue weighted by atomic mass is 9.89. The summed E-state index contributed by atoms with van der Waals surface area (Å²) in [7, 11) is 4.41. The minimum atomic E-state index is 0.330. The maximum atomic E-state index is 2.47. The van der Waals surface area contributed by atoms with Crippen molar-refractivity contribution in [1.82, 2.24) is 4.90 Å². The van der Waals surface area contributed by atoms with E-state index in [1.54, 1.807) is 0 Å². The van der Waals surface area contributed by atoms with E-state index in [9.17, 15) is 0 Å². The lowest BCUT2D eigenvalue weighted by molar-refractivity contribution is -0.648. The van der Waals surface area contributed by atoms with E-state index in [0.29, 0.717) is 6.17 Å². The number of aryl methyl sites for hydroxylation is 2. The average molecular weight is 385 g/mol. The number of pyridine rings is 1. The Hall–Kier alpha value is -2.81. The van der Waals surface area contributed by atoms with Crippen molar-refractivity contribution in [1.29, 1.82) is 0 Å². The number of anilines is 1. The van der Waals surface area contributed by atoms with Crippen LogP contribution in [0, 0.1) is 6.92 Å². The molecule has 3 nitrogen and oxygen atoms in total. The summed E-state index contributed by atoms with van der Waals surface area (Å²) in [6.07, 6.45) is 9.70. The Bertz CT molecular complexity index is 1130. The molecule has 2 aliphatic rings. The molecule has 5 rings (SSSR count). The molecule has 0 unspecified atom stereocenters. The third-order valence-corrected chi connectivity index (χ3v) is 6.86. The first-order valence-electron chi connectivity index (χ1n) is 10.8. The highest BCUT2D eigenvalue weighted by Gasteiger charge is 2.35. The summed E-state index contributed by atoms with van der Waals surface area (Å²) >= 11 is 0. The topological polar surface area (TPSA) is 10.4 Å². The first-order valence-corrected chi connectivity index (χ1v) is 10.8. The first-order chi connectivity index (χ1) is 14.1. The number of benzene rings is 2. The first kappa shape index (κ1) is 18.2. The van der Waals surface area contributed by atoms with Crippen LogP contribution in [0.15, 0.2) is 54.9 Å². The van der Waals surface area contributed by atoms with Crippen LogP contribution in [0.4, 0.5) is 5.82 Å². The van der Waals surface area contributed by atoms with Crippen LogP contribution in [0.1, 0.15) is 36.5 Å². The molecule has 0 fully saturated rings. The molecule has 1 aliphatic carbocycles. The van der Waals surface area contributed by atoms with Crippen molar-refractivity contribution >= 4 is 16.6 Å². The van der Waals surface area contributed by atoms with Gasteiger partial charge in [0.2, 0.25) is 0 Å². The van der Waals surface area contributed by atoms with Crippen molar-refractivity contribution in [2.75, 3.05) is 11.9 Å². The average Bonchev–Trinajstić information content (AvgIpc) is 3.06. The van der Waals surface area contributed by atoms with Gasteiger partial charge in [0.05, 0.1) is 7.05 Å². The van der Waals surface area contributed by atoms with E-state index in [4.69, 9.17) is 0 Å². The van der Waals surface area contributed by atoms with Gasteiger partial charge < -0.3 is 4.90 Å². The fourth-order valence-corrected chi connectivity index (χ4v) is 5.08. The lowest BCUT2D eigenvalue weighted by Crippen LogP contribution is -2.45. The third kappa shape index (κ3) is 2.83. The summed E-state index contributed by atoms with van der Waals surface area (Å²) in [6, 6.07) is 15.8. The van der Waals surface area contributed by atoms with Crippen molar-refractivity contribution in [3.8, 4) is 11.3 Å². The standard InChI is InChI=1S/C26H30N3/c1-18-13-14-20-9-5-7-11-22(20)25(18)24-17-21-10-6-8-12-23(21)26(28(24)4)29-16-15-27(3)19(29)2/h5,7,9,11,13-17,19H,6,8,10,12H2,1-4H3/q+1/t19-/m1/s1. The zero-order chi connectivity index (χ0) is 20.1. The summed E-state index contributed by atoms with van der Waals surface area (Å²) in [6.45, 7) is 4.53. The number of hydrogen-bond acceptors (Lipinski definition) is 2. The Balaban J connectivity index is 1.81. The van der Waals surface area contributed by atoms with Crippen molar-refractivity contribution in [2.24, 2.45) is 7.05 Å². The van der Waals surface area contributed by atoms with Gasteiger partial charge in [-0.15, -0.1) is 0 Å². The van der Waals surface area contributed by atoms with Crippen LogP contribution in [-0.4, -0.2) is 18.1 Å². The van der Waals surface area contributed by atoms with Crippen molar-refractivity contribution in [2.45, 2.75) is 45.7 Å². The third-order valence-electron chi connectivity index (χ3n) is 6.86. The van der Waals surface area contributed by atoms with Gasteiger partial charge in [-0.05, 0) is 67.5 Å². The smallest absolute Gasteiger partial charge is 0.286 e. The number of aromatic nitrogens is 1. The van der Waals surface area contributed by atoms with Crippen LogP contribution < -0.4 is 9.47 Å². The largest absolute Gasteiger partial charge is 0.339 e. The zero-order valence-corrected chi connectivity index (χ0v) is 17.9. The summed E-state index contributed by atoms with van der Waals surface area (Å²) in [4.78, 5) is 4.74. The molecule has 0 bridgehead atoms. The molecular weight excluding hydrogens is 354 g/mol. The molecule has 0 radical (unpaired) electrons. The van der Waals surface area contributed by atoms with Gasteiger partial charge in [-0.1, -0.05) is 36.4 Å². The molecule has 2 aromatic carbocycles. The summed E-state index contributed by atoms with van der Waals surface area (Å²) in [5, 5.41) is 2.65. The highest BCUT2D eigenvalue weighted by atomic mass is 15.4. The molecule has 0 N–H and O–H groups in total. The van der Waals surface area contributed by atoms with Gasteiger partial charge in [0.1, 0.15) is 11.9 Å². The second kappa shape index (κ2) is 6.91. The fourth-order valence-electron chi connectivity index (χ4n) is 5.08. The van der Waals surface area contributed by atoms with Gasteiger partial charge in [0, 0.05) is 24.4 Å². The van der Waals surface area contributed by atoms with E-state index < -0.39 is 0 Å². The minimum Gasteiger partial charge on any atom is -0.339 e. The second-order valence-corrected chi connectivity index (χ2v) is 8.60. The predicted molar refractivity (Wildman–Crippen MR) is 121 cm³/mol. The molecule has 1 aliphatic heterocycles. The highest BCUT2D eigenvalue weighted by molar-refractivity contribution is 5.97. The Morgan fingerprint density at radius 2 is 1.79 bits per heavy atom. The van der Waals surface area contributed by atoms with Crippen molar-refractivity contribution in [3.63, 3.8) is 0 Å². The van der Waals surface area contributed by atoms with Crippen LogP contribution in [0.5, 0.6) is 0 Å². The second-order valence-electron chi connectivity index (χ2n) is 8.60. The van der Waals surface area contributed by atoms with E-state index in [1.165, 1.54) is 70.2 Å². The predicted octanol–water partition coefficient (Wildman–Crippen LogP) is 5.09. The molecule has 0 amide bonds. The summed E-state index contributed by atoms with van der Waals surface area (Å²) < 4.78 is 2.44. The quantitative estimate of drug-likeness (QED) is 0.570. The molecule has 1 aromatic heterocycles. The fraction of sp³-hybridized carbons (Fsp3) is 0.346. The lowest BCUT2D eigenvalue weighted by Gasteiger charge is -2.27. The number of fused-ring (bicyclic) bond motifs is 2. The van der Waals surface area contributed by atoms with E-state index in [2.05, 4.69) is 97.2 Å². The molecule has 0 saturated carbocycles. The number of rotatable bonds is 2. The van der Waals surface area contributed by atoms with E-state index >= 15 is 0 Å². The number of hydrogen-bond donors (Lipinski definition) is 0. The Kier molecular flexibility index (Phi) is 4.34. The van der Waals surface area contributed by atoms with Gasteiger partial charge in [-0.25, -0.2) is 9.47 Å². The molecule has 29 heavy (non-hydrogen) atoms. The van der Waals surface area contributed by atoms with Crippen molar-refractivity contribution in [3.05, 3.63) is 71.6 Å². The van der Waals surface area contributed by atoms with Crippen molar-refractivity contribution < 1.29 is 4.57 Å². The molecule has 3 heteroatoms. The Morgan fingerprint density at radius 1 is 1.00 bits per heavy atom. The van der Waals surface area contributed by atoms with Gasteiger partial charge >= 0.3 is 0 Å². The maximum absolute atomic E-state index is 2.47. The normalized spacial score (nSPS) is 18.6. The monoisotopic (exact) mass is 384 g/mol. The molecule has 3 aromatic rings. The SMILES string of the molecule is Cc1ccc2ccccc2c1-c1cc2c(c(N3C=CN(C)[C@H]3C)[n+]1C)CCCC2. The van der Waals surface area contributed by atoms with Gasteiger partial charge in [-0.2, -0.15) is 0 Å². The van der Waals surface area contributed by atoms with Crippen LogP contribution >= 0.6 is 0 Å². The van der Waals surface area contributed by atoms with Crippen LogP contribution in [0.25, 0.3) is 22.0 Å². The molecular formula is C26H30N3+. The molecule has 0 saturated heterocycles. The molecule has 2 heterocycles. The maximum Gasteiger partial charge on any atom is 0.286 e. The van der Waals surface area contributed by atoms with Gasteiger partial charge in [0.15, 0.2) is 6.17 Å². The molecule has 0 spiro atoms. The summed E-state index contributed by atoms with van der Waals surface area (Å²) in [5.41, 5.74) is 7.09. The summed E-state index contributed by atoms with van der Waals surface area (Å²) in [5.74, 6) is 1.36.